The van der Waals surface area contributed by atoms with E-state index < -0.39 is 0 Å². The van der Waals surface area contributed by atoms with Crippen molar-refractivity contribution < 1.29 is 4.42 Å². The van der Waals surface area contributed by atoms with Crippen LogP contribution in [0.1, 0.15) is 18.2 Å². The van der Waals surface area contributed by atoms with Gasteiger partial charge >= 0.3 is 0 Å². The van der Waals surface area contributed by atoms with Crippen LogP contribution < -0.4 is 5.73 Å². The van der Waals surface area contributed by atoms with E-state index in [1.54, 1.807) is 0 Å². The molecular weight excluding hydrogens is 226 g/mol. The fourth-order valence-electron chi connectivity index (χ4n) is 2.24. The second kappa shape index (κ2) is 4.31. The number of nitrogens with zero attached hydrogens (tertiary/aromatic N) is 1. The summed E-state index contributed by atoms with van der Waals surface area (Å²) in [6, 6.07) is 10.0. The zero-order valence-electron chi connectivity index (χ0n) is 10.2. The Hall–Kier alpha value is -2.07. The zero-order chi connectivity index (χ0) is 12.5. The van der Waals surface area contributed by atoms with Crippen LogP contribution in [0.5, 0.6) is 0 Å². The molecule has 3 rings (SSSR count). The molecule has 18 heavy (non-hydrogen) atoms. The van der Waals surface area contributed by atoms with Gasteiger partial charge in [0, 0.05) is 23.2 Å². The molecule has 0 saturated heterocycles. The molecule has 2 heterocycles. The minimum Gasteiger partial charge on any atom is -0.454 e. The first kappa shape index (κ1) is 11.0. The molecule has 3 N–H and O–H groups in total. The summed E-state index contributed by atoms with van der Waals surface area (Å²) in [4.78, 5) is 0. The average Bonchev–Trinajstić information content (AvgIpc) is 3.02. The molecule has 0 aliphatic heterocycles. The number of aromatic amines is 1. The predicted molar refractivity (Wildman–Crippen MR) is 71.1 cm³/mol. The van der Waals surface area contributed by atoms with E-state index in [2.05, 4.69) is 23.2 Å². The number of fused-ring (bicyclic) bond motifs is 1. The first-order valence-corrected chi connectivity index (χ1v) is 6.08. The molecule has 3 aromatic rings. The van der Waals surface area contributed by atoms with Crippen molar-refractivity contribution in [3.63, 3.8) is 0 Å². The van der Waals surface area contributed by atoms with E-state index in [0.29, 0.717) is 6.54 Å². The van der Waals surface area contributed by atoms with Crippen molar-refractivity contribution in [3.8, 4) is 11.5 Å². The van der Waals surface area contributed by atoms with Crippen molar-refractivity contribution in [3.05, 3.63) is 41.6 Å². The maximum absolute atomic E-state index is 5.91. The molecule has 0 spiro atoms. The third kappa shape index (κ3) is 1.62. The summed E-state index contributed by atoms with van der Waals surface area (Å²) in [6.45, 7) is 2.58. The smallest absolute Gasteiger partial charge is 0.158 e. The van der Waals surface area contributed by atoms with Crippen LogP contribution in [0.15, 0.2) is 34.7 Å². The van der Waals surface area contributed by atoms with E-state index in [-0.39, 0.29) is 0 Å². The normalized spacial score (nSPS) is 11.2. The maximum atomic E-state index is 5.91. The Labute approximate surface area is 105 Å². The quantitative estimate of drug-likeness (QED) is 0.740. The van der Waals surface area contributed by atoms with Gasteiger partial charge in [-0.15, -0.1) is 0 Å². The highest BCUT2D eigenvalue weighted by Crippen LogP contribution is 2.33. The lowest BCUT2D eigenvalue weighted by molar-refractivity contribution is 0.624. The first-order chi connectivity index (χ1) is 8.83. The number of H-pyrrole nitrogens is 1. The van der Waals surface area contributed by atoms with E-state index >= 15 is 0 Å². The summed E-state index contributed by atoms with van der Waals surface area (Å²) >= 11 is 0. The third-order valence-corrected chi connectivity index (χ3v) is 3.14. The van der Waals surface area contributed by atoms with Crippen LogP contribution in [0, 0.1) is 0 Å². The van der Waals surface area contributed by atoms with Crippen LogP contribution in [-0.4, -0.2) is 10.2 Å². The van der Waals surface area contributed by atoms with E-state index in [0.717, 1.165) is 34.5 Å². The molecule has 1 aromatic carbocycles. The number of aromatic nitrogens is 2. The Kier molecular flexibility index (Phi) is 2.64. The minimum absolute atomic E-state index is 0.453. The summed E-state index contributed by atoms with van der Waals surface area (Å²) in [6.07, 6.45) is 0.914. The van der Waals surface area contributed by atoms with Crippen LogP contribution in [0.3, 0.4) is 0 Å². The van der Waals surface area contributed by atoms with Gasteiger partial charge < -0.3 is 10.2 Å². The van der Waals surface area contributed by atoms with E-state index in [1.807, 2.05) is 24.3 Å². The van der Waals surface area contributed by atoms with Gasteiger partial charge in [0.2, 0.25) is 0 Å². The standard InChI is InChI=1S/C14H15N3O/c1-2-10-11-5-3-4-6-13(11)18-14(10)12-7-9(8-15)16-17-12/h3-7H,2,8,15H2,1H3,(H,16,17). The molecule has 4 nitrogen and oxygen atoms in total. The molecule has 2 aromatic heterocycles. The summed E-state index contributed by atoms with van der Waals surface area (Å²) in [7, 11) is 0. The second-order valence-electron chi connectivity index (χ2n) is 4.24. The van der Waals surface area contributed by atoms with Gasteiger partial charge in [0.15, 0.2) is 5.76 Å². The lowest BCUT2D eigenvalue weighted by atomic mass is 10.1. The van der Waals surface area contributed by atoms with Crippen LogP contribution >= 0.6 is 0 Å². The molecule has 0 atom stereocenters. The highest BCUT2D eigenvalue weighted by atomic mass is 16.3. The van der Waals surface area contributed by atoms with Gasteiger partial charge in [-0.2, -0.15) is 5.10 Å². The predicted octanol–water partition coefficient (Wildman–Crippen LogP) is 2.84. The van der Waals surface area contributed by atoms with Gasteiger partial charge in [-0.1, -0.05) is 25.1 Å². The highest BCUT2D eigenvalue weighted by Gasteiger charge is 2.16. The summed E-state index contributed by atoms with van der Waals surface area (Å²) in [5, 5.41) is 8.34. The largest absolute Gasteiger partial charge is 0.454 e. The summed E-state index contributed by atoms with van der Waals surface area (Å²) < 4.78 is 5.91. The molecule has 4 heteroatoms. The fourth-order valence-corrected chi connectivity index (χ4v) is 2.24. The van der Waals surface area contributed by atoms with Crippen LogP contribution in [0.4, 0.5) is 0 Å². The number of nitrogens with one attached hydrogen (secondary N) is 1. The molecule has 0 aliphatic carbocycles. The number of furan rings is 1. The topological polar surface area (TPSA) is 67.8 Å². The average molecular weight is 241 g/mol. The molecule has 0 unspecified atom stereocenters. The van der Waals surface area contributed by atoms with Crippen molar-refractivity contribution in [2.75, 3.05) is 0 Å². The monoisotopic (exact) mass is 241 g/mol. The highest BCUT2D eigenvalue weighted by molar-refractivity contribution is 5.87. The SMILES string of the molecule is CCc1c(-c2cc(CN)[nH]n2)oc2ccccc12. The fraction of sp³-hybridized carbons (Fsp3) is 0.214. The molecule has 0 amide bonds. The van der Waals surface area contributed by atoms with E-state index in [1.165, 1.54) is 5.56 Å². The van der Waals surface area contributed by atoms with Gasteiger partial charge in [0.05, 0.1) is 0 Å². The number of nitrogens with two attached hydrogens (primary N) is 1. The number of aryl methyl sites for hydroxylation is 1. The minimum atomic E-state index is 0.453. The molecule has 0 bridgehead atoms. The zero-order valence-corrected chi connectivity index (χ0v) is 10.2. The van der Waals surface area contributed by atoms with Gasteiger partial charge in [0.25, 0.3) is 0 Å². The number of benzene rings is 1. The van der Waals surface area contributed by atoms with Crippen molar-refractivity contribution in [1.82, 2.24) is 10.2 Å². The molecule has 0 radical (unpaired) electrons. The molecule has 0 aliphatic rings. The Morgan fingerprint density at radius 2 is 2.17 bits per heavy atom. The lowest BCUT2D eigenvalue weighted by Crippen LogP contribution is -1.95. The molecular formula is C14H15N3O. The maximum Gasteiger partial charge on any atom is 0.158 e. The van der Waals surface area contributed by atoms with Gasteiger partial charge in [-0.3, -0.25) is 5.10 Å². The van der Waals surface area contributed by atoms with Crippen molar-refractivity contribution in [2.45, 2.75) is 19.9 Å². The molecule has 92 valence electrons. The van der Waals surface area contributed by atoms with Crippen LogP contribution in [0.2, 0.25) is 0 Å². The van der Waals surface area contributed by atoms with Crippen molar-refractivity contribution in [2.24, 2.45) is 5.73 Å². The molecule has 0 fully saturated rings. The van der Waals surface area contributed by atoms with Crippen LogP contribution in [0.25, 0.3) is 22.4 Å². The van der Waals surface area contributed by atoms with Crippen LogP contribution in [-0.2, 0) is 13.0 Å². The number of para-hydroxylation sites is 1. The van der Waals surface area contributed by atoms with Crippen molar-refractivity contribution >= 4 is 11.0 Å². The Bertz CT molecular complexity index is 681. The van der Waals surface area contributed by atoms with Gasteiger partial charge in [-0.25, -0.2) is 0 Å². The van der Waals surface area contributed by atoms with Gasteiger partial charge in [0.1, 0.15) is 11.3 Å². The second-order valence-corrected chi connectivity index (χ2v) is 4.24. The number of hydrogen-bond donors (Lipinski definition) is 2. The molecule has 0 saturated carbocycles. The first-order valence-electron chi connectivity index (χ1n) is 6.08. The Morgan fingerprint density at radius 1 is 1.33 bits per heavy atom. The Morgan fingerprint density at radius 3 is 2.89 bits per heavy atom. The third-order valence-electron chi connectivity index (χ3n) is 3.14. The van der Waals surface area contributed by atoms with E-state index in [4.69, 9.17) is 10.2 Å². The summed E-state index contributed by atoms with van der Waals surface area (Å²) in [5.41, 5.74) is 9.42. The Balaban J connectivity index is 2.21. The summed E-state index contributed by atoms with van der Waals surface area (Å²) in [5.74, 6) is 0.842. The number of hydrogen-bond acceptors (Lipinski definition) is 3. The lowest BCUT2D eigenvalue weighted by Gasteiger charge is -1.95. The van der Waals surface area contributed by atoms with E-state index in [9.17, 15) is 0 Å². The van der Waals surface area contributed by atoms with Crippen molar-refractivity contribution in [1.29, 1.82) is 0 Å². The van der Waals surface area contributed by atoms with Gasteiger partial charge in [-0.05, 0) is 18.6 Å². The number of rotatable bonds is 3.